The van der Waals surface area contributed by atoms with Crippen LogP contribution in [0.3, 0.4) is 0 Å². The van der Waals surface area contributed by atoms with Crippen molar-refractivity contribution in [3.8, 4) is 5.75 Å². The van der Waals surface area contributed by atoms with Gasteiger partial charge in [0.2, 0.25) is 0 Å². The van der Waals surface area contributed by atoms with Crippen LogP contribution in [0.5, 0.6) is 5.75 Å². The van der Waals surface area contributed by atoms with E-state index in [2.05, 4.69) is 40.7 Å². The molecule has 19 heavy (non-hydrogen) atoms. The summed E-state index contributed by atoms with van der Waals surface area (Å²) in [6, 6.07) is 6.83. The van der Waals surface area contributed by atoms with Crippen LogP contribution in [0.25, 0.3) is 0 Å². The molecule has 2 atom stereocenters. The predicted molar refractivity (Wildman–Crippen MR) is 78.6 cm³/mol. The molecule has 2 unspecified atom stereocenters. The summed E-state index contributed by atoms with van der Waals surface area (Å²) in [6.07, 6.45) is 1.24. The maximum absolute atomic E-state index is 5.33. The minimum Gasteiger partial charge on any atom is -0.496 e. The quantitative estimate of drug-likeness (QED) is 0.644. The maximum atomic E-state index is 5.33. The molecule has 0 aromatic heterocycles. The summed E-state index contributed by atoms with van der Waals surface area (Å²) in [5.74, 6) is 2.56. The standard InChI is InChI=1S/C15H23N3O/c1-10-5-6-12(8-14(10)19-4)9-17-15(16-3)18-13-7-11(13)2/h5-6,8,11,13H,7,9H2,1-4H3,(H2,16,17,18). The highest BCUT2D eigenvalue weighted by Gasteiger charge is 2.33. The van der Waals surface area contributed by atoms with E-state index in [4.69, 9.17) is 4.74 Å². The lowest BCUT2D eigenvalue weighted by atomic mass is 10.1. The number of methoxy groups -OCH3 is 1. The van der Waals surface area contributed by atoms with Crippen LogP contribution in [0, 0.1) is 12.8 Å². The molecule has 1 aromatic carbocycles. The Morgan fingerprint density at radius 2 is 2.21 bits per heavy atom. The molecule has 1 saturated carbocycles. The summed E-state index contributed by atoms with van der Waals surface area (Å²) in [6.45, 7) is 5.04. The van der Waals surface area contributed by atoms with Crippen molar-refractivity contribution >= 4 is 5.96 Å². The average molecular weight is 261 g/mol. The van der Waals surface area contributed by atoms with Crippen molar-refractivity contribution in [1.29, 1.82) is 0 Å². The van der Waals surface area contributed by atoms with Crippen LogP contribution < -0.4 is 15.4 Å². The summed E-state index contributed by atoms with van der Waals surface area (Å²) in [5, 5.41) is 6.74. The second kappa shape index (κ2) is 5.95. The Hall–Kier alpha value is -1.71. The first kappa shape index (κ1) is 13.7. The first-order valence-electron chi connectivity index (χ1n) is 6.74. The minimum atomic E-state index is 0.582. The number of hydrogen-bond acceptors (Lipinski definition) is 2. The van der Waals surface area contributed by atoms with E-state index < -0.39 is 0 Å². The lowest BCUT2D eigenvalue weighted by Gasteiger charge is -2.12. The molecule has 0 bridgehead atoms. The van der Waals surface area contributed by atoms with Gasteiger partial charge in [-0.1, -0.05) is 19.1 Å². The van der Waals surface area contributed by atoms with Gasteiger partial charge < -0.3 is 15.4 Å². The summed E-state index contributed by atoms with van der Waals surface area (Å²) >= 11 is 0. The molecule has 1 aliphatic rings. The van der Waals surface area contributed by atoms with E-state index in [-0.39, 0.29) is 0 Å². The number of hydrogen-bond donors (Lipinski definition) is 2. The number of nitrogens with one attached hydrogen (secondary N) is 2. The summed E-state index contributed by atoms with van der Waals surface area (Å²) < 4.78 is 5.33. The van der Waals surface area contributed by atoms with Gasteiger partial charge in [0, 0.05) is 19.6 Å². The molecule has 2 N–H and O–H groups in total. The van der Waals surface area contributed by atoms with E-state index in [1.54, 1.807) is 14.2 Å². The van der Waals surface area contributed by atoms with Crippen LogP contribution in [-0.2, 0) is 6.54 Å². The molecule has 104 valence electrons. The molecule has 1 aromatic rings. The first-order chi connectivity index (χ1) is 9.13. The Labute approximate surface area is 115 Å². The molecule has 4 heteroatoms. The number of benzene rings is 1. The van der Waals surface area contributed by atoms with E-state index in [1.807, 2.05) is 6.92 Å². The molecule has 0 radical (unpaired) electrons. The molecular formula is C15H23N3O. The van der Waals surface area contributed by atoms with Gasteiger partial charge in [0.15, 0.2) is 5.96 Å². The van der Waals surface area contributed by atoms with Gasteiger partial charge in [-0.25, -0.2) is 0 Å². The summed E-state index contributed by atoms with van der Waals surface area (Å²) in [5.41, 5.74) is 2.34. The number of aliphatic imine (C=N–C) groups is 1. The molecule has 0 spiro atoms. The van der Waals surface area contributed by atoms with Gasteiger partial charge in [-0.3, -0.25) is 4.99 Å². The van der Waals surface area contributed by atoms with Crippen LogP contribution in [0.1, 0.15) is 24.5 Å². The normalized spacial score (nSPS) is 22.0. The van der Waals surface area contributed by atoms with Crippen LogP contribution >= 0.6 is 0 Å². The molecule has 4 nitrogen and oxygen atoms in total. The largest absolute Gasteiger partial charge is 0.496 e. The number of rotatable bonds is 4. The van der Waals surface area contributed by atoms with E-state index >= 15 is 0 Å². The van der Waals surface area contributed by atoms with Gasteiger partial charge in [0.1, 0.15) is 5.75 Å². The van der Waals surface area contributed by atoms with Crippen molar-refractivity contribution in [3.63, 3.8) is 0 Å². The molecule has 0 heterocycles. The zero-order chi connectivity index (χ0) is 13.8. The smallest absolute Gasteiger partial charge is 0.191 e. The van der Waals surface area contributed by atoms with E-state index in [0.717, 1.165) is 29.7 Å². The van der Waals surface area contributed by atoms with E-state index in [9.17, 15) is 0 Å². The third-order valence-corrected chi connectivity index (χ3v) is 3.59. The Bertz CT molecular complexity index is 470. The zero-order valence-corrected chi connectivity index (χ0v) is 12.2. The highest BCUT2D eigenvalue weighted by Crippen LogP contribution is 2.28. The van der Waals surface area contributed by atoms with Crippen molar-refractivity contribution < 1.29 is 4.74 Å². The Kier molecular flexibility index (Phi) is 4.30. The third kappa shape index (κ3) is 3.63. The fourth-order valence-corrected chi connectivity index (χ4v) is 2.05. The lowest BCUT2D eigenvalue weighted by molar-refractivity contribution is 0.411. The monoisotopic (exact) mass is 261 g/mol. The van der Waals surface area contributed by atoms with Gasteiger partial charge in [-0.15, -0.1) is 0 Å². The Morgan fingerprint density at radius 3 is 2.79 bits per heavy atom. The lowest BCUT2D eigenvalue weighted by Crippen LogP contribution is -2.38. The Morgan fingerprint density at radius 1 is 1.47 bits per heavy atom. The second-order valence-corrected chi connectivity index (χ2v) is 5.19. The van der Waals surface area contributed by atoms with Crippen LogP contribution in [0.4, 0.5) is 0 Å². The first-order valence-corrected chi connectivity index (χ1v) is 6.74. The van der Waals surface area contributed by atoms with Crippen molar-refractivity contribution in [2.75, 3.05) is 14.2 Å². The number of nitrogens with zero attached hydrogens (tertiary/aromatic N) is 1. The second-order valence-electron chi connectivity index (χ2n) is 5.19. The molecule has 1 fully saturated rings. The molecule has 1 aliphatic carbocycles. The fraction of sp³-hybridized carbons (Fsp3) is 0.533. The SMILES string of the molecule is CN=C(NCc1ccc(C)c(OC)c1)NC1CC1C. The van der Waals surface area contributed by atoms with Crippen molar-refractivity contribution in [1.82, 2.24) is 10.6 Å². The molecule has 0 aliphatic heterocycles. The minimum absolute atomic E-state index is 0.582. The van der Waals surface area contributed by atoms with Crippen LogP contribution in [0.2, 0.25) is 0 Å². The van der Waals surface area contributed by atoms with E-state index in [0.29, 0.717) is 6.04 Å². The highest BCUT2D eigenvalue weighted by molar-refractivity contribution is 5.80. The van der Waals surface area contributed by atoms with Gasteiger partial charge in [-0.2, -0.15) is 0 Å². The summed E-state index contributed by atoms with van der Waals surface area (Å²) in [4.78, 5) is 4.24. The average Bonchev–Trinajstić information content (AvgIpc) is 3.11. The number of aryl methyl sites for hydroxylation is 1. The van der Waals surface area contributed by atoms with Gasteiger partial charge in [0.25, 0.3) is 0 Å². The third-order valence-electron chi connectivity index (χ3n) is 3.59. The van der Waals surface area contributed by atoms with Gasteiger partial charge >= 0.3 is 0 Å². The summed E-state index contributed by atoms with van der Waals surface area (Å²) in [7, 11) is 3.51. The highest BCUT2D eigenvalue weighted by atomic mass is 16.5. The molecule has 2 rings (SSSR count). The molecular weight excluding hydrogens is 238 g/mol. The number of ether oxygens (including phenoxy) is 1. The van der Waals surface area contributed by atoms with Crippen molar-refractivity contribution in [2.45, 2.75) is 32.9 Å². The predicted octanol–water partition coefficient (Wildman–Crippen LogP) is 2.08. The van der Waals surface area contributed by atoms with E-state index in [1.165, 1.54) is 12.0 Å². The Balaban J connectivity index is 1.90. The topological polar surface area (TPSA) is 45.7 Å². The van der Waals surface area contributed by atoms with Crippen molar-refractivity contribution in [2.24, 2.45) is 10.9 Å². The fourth-order valence-electron chi connectivity index (χ4n) is 2.05. The number of guanidine groups is 1. The molecule has 0 saturated heterocycles. The van der Waals surface area contributed by atoms with Gasteiger partial charge in [-0.05, 0) is 36.5 Å². The van der Waals surface area contributed by atoms with Crippen LogP contribution in [0.15, 0.2) is 23.2 Å². The van der Waals surface area contributed by atoms with Gasteiger partial charge in [0.05, 0.1) is 7.11 Å². The van der Waals surface area contributed by atoms with Crippen molar-refractivity contribution in [3.05, 3.63) is 29.3 Å². The van der Waals surface area contributed by atoms with Crippen LogP contribution in [-0.4, -0.2) is 26.2 Å². The zero-order valence-electron chi connectivity index (χ0n) is 12.2. The maximum Gasteiger partial charge on any atom is 0.191 e. The molecule has 0 amide bonds.